The zero-order valence-electron chi connectivity index (χ0n) is 10.6. The predicted molar refractivity (Wildman–Crippen MR) is 64.9 cm³/mol. The third-order valence-corrected chi connectivity index (χ3v) is 3.49. The number of nitrogens with two attached hydrogens (primary N) is 1. The van der Waals surface area contributed by atoms with Gasteiger partial charge in [-0.25, -0.2) is 4.79 Å². The summed E-state index contributed by atoms with van der Waals surface area (Å²) in [6.07, 6.45) is 0.525. The number of carbonyl (C=O) groups is 2. The summed E-state index contributed by atoms with van der Waals surface area (Å²) in [6.45, 7) is 2.80. The van der Waals surface area contributed by atoms with Crippen LogP contribution in [-0.4, -0.2) is 73.7 Å². The second-order valence-electron chi connectivity index (χ2n) is 4.71. The van der Waals surface area contributed by atoms with Crippen LogP contribution in [0.25, 0.3) is 0 Å². The predicted octanol–water partition coefficient (Wildman–Crippen LogP) is -1.41. The van der Waals surface area contributed by atoms with E-state index >= 15 is 0 Å². The molecule has 0 bridgehead atoms. The van der Waals surface area contributed by atoms with E-state index in [0.29, 0.717) is 39.2 Å². The Kier molecular flexibility index (Phi) is 4.03. The highest BCUT2D eigenvalue weighted by atomic mass is 16.5. The van der Waals surface area contributed by atoms with Crippen LogP contribution in [0, 0.1) is 0 Å². The molecule has 0 aromatic heterocycles. The molecule has 18 heavy (non-hydrogen) atoms. The first-order valence-electron chi connectivity index (χ1n) is 6.21. The topological polar surface area (TPSA) is 87.9 Å². The minimum atomic E-state index is -0.512. The molecule has 2 fully saturated rings. The number of urea groups is 1. The number of nitrogens with one attached hydrogen (secondary N) is 1. The SMILES string of the molecule is COCCC(N)C(=O)N1CCN2C(=O)NCC2C1. The molecule has 0 aromatic carbocycles. The molecule has 102 valence electrons. The van der Waals surface area contributed by atoms with Gasteiger partial charge in [0.25, 0.3) is 0 Å². The maximum atomic E-state index is 12.1. The molecule has 2 saturated heterocycles. The molecule has 0 saturated carbocycles. The van der Waals surface area contributed by atoms with Gasteiger partial charge >= 0.3 is 6.03 Å². The van der Waals surface area contributed by atoms with Crippen LogP contribution in [0.4, 0.5) is 4.79 Å². The molecule has 2 aliphatic heterocycles. The molecule has 0 aromatic rings. The van der Waals surface area contributed by atoms with E-state index in [0.717, 1.165) is 0 Å². The van der Waals surface area contributed by atoms with E-state index in [2.05, 4.69) is 5.32 Å². The lowest BCUT2D eigenvalue weighted by Gasteiger charge is -2.37. The number of piperazine rings is 1. The van der Waals surface area contributed by atoms with Crippen molar-refractivity contribution in [3.8, 4) is 0 Å². The van der Waals surface area contributed by atoms with Gasteiger partial charge in [-0.15, -0.1) is 0 Å². The highest BCUT2D eigenvalue weighted by Crippen LogP contribution is 2.15. The van der Waals surface area contributed by atoms with Gasteiger partial charge in [-0.1, -0.05) is 0 Å². The lowest BCUT2D eigenvalue weighted by Crippen LogP contribution is -2.57. The second-order valence-corrected chi connectivity index (χ2v) is 4.71. The number of hydrogen-bond donors (Lipinski definition) is 2. The van der Waals surface area contributed by atoms with Gasteiger partial charge in [0, 0.05) is 39.9 Å². The number of hydrogen-bond acceptors (Lipinski definition) is 4. The summed E-state index contributed by atoms with van der Waals surface area (Å²) in [5.41, 5.74) is 5.83. The monoisotopic (exact) mass is 256 g/mol. The van der Waals surface area contributed by atoms with Crippen molar-refractivity contribution >= 4 is 11.9 Å². The second kappa shape index (κ2) is 5.53. The van der Waals surface area contributed by atoms with E-state index in [9.17, 15) is 9.59 Å². The summed E-state index contributed by atoms with van der Waals surface area (Å²) >= 11 is 0. The van der Waals surface area contributed by atoms with Crippen molar-refractivity contribution in [2.24, 2.45) is 5.73 Å². The first kappa shape index (κ1) is 13.1. The number of methoxy groups -OCH3 is 1. The quantitative estimate of drug-likeness (QED) is 0.646. The fourth-order valence-electron chi connectivity index (χ4n) is 2.41. The smallest absolute Gasteiger partial charge is 0.317 e. The molecule has 3 amide bonds. The largest absolute Gasteiger partial charge is 0.385 e. The Morgan fingerprint density at radius 2 is 2.39 bits per heavy atom. The molecule has 0 aliphatic carbocycles. The summed E-state index contributed by atoms with van der Waals surface area (Å²) < 4.78 is 4.92. The van der Waals surface area contributed by atoms with E-state index < -0.39 is 6.04 Å². The molecule has 0 spiro atoms. The Labute approximate surface area is 106 Å². The number of ether oxygens (including phenoxy) is 1. The van der Waals surface area contributed by atoms with Gasteiger partial charge in [-0.05, 0) is 6.42 Å². The Bertz CT molecular complexity index is 336. The summed E-state index contributed by atoms with van der Waals surface area (Å²) in [5.74, 6) is -0.0500. The van der Waals surface area contributed by atoms with Crippen molar-refractivity contribution in [2.75, 3.05) is 39.9 Å². The summed E-state index contributed by atoms with van der Waals surface area (Å²) in [7, 11) is 1.59. The van der Waals surface area contributed by atoms with Crippen LogP contribution in [0.3, 0.4) is 0 Å². The molecule has 2 aliphatic rings. The van der Waals surface area contributed by atoms with E-state index in [1.165, 1.54) is 0 Å². The molecule has 3 N–H and O–H groups in total. The third-order valence-electron chi connectivity index (χ3n) is 3.49. The maximum Gasteiger partial charge on any atom is 0.317 e. The van der Waals surface area contributed by atoms with Crippen LogP contribution in [0.2, 0.25) is 0 Å². The fourth-order valence-corrected chi connectivity index (χ4v) is 2.41. The highest BCUT2D eigenvalue weighted by molar-refractivity contribution is 5.82. The molecular weight excluding hydrogens is 236 g/mol. The molecule has 2 heterocycles. The number of carbonyl (C=O) groups excluding carboxylic acids is 2. The van der Waals surface area contributed by atoms with Crippen molar-refractivity contribution in [3.63, 3.8) is 0 Å². The molecule has 2 rings (SSSR count). The molecule has 7 heteroatoms. The van der Waals surface area contributed by atoms with Gasteiger partial charge in [0.2, 0.25) is 5.91 Å². The van der Waals surface area contributed by atoms with Gasteiger partial charge in [0.15, 0.2) is 0 Å². The first-order chi connectivity index (χ1) is 8.63. The van der Waals surface area contributed by atoms with E-state index in [4.69, 9.17) is 10.5 Å². The van der Waals surface area contributed by atoms with Crippen LogP contribution < -0.4 is 11.1 Å². The highest BCUT2D eigenvalue weighted by Gasteiger charge is 2.37. The fraction of sp³-hybridized carbons (Fsp3) is 0.818. The first-order valence-corrected chi connectivity index (χ1v) is 6.21. The van der Waals surface area contributed by atoms with Crippen LogP contribution in [-0.2, 0) is 9.53 Å². The van der Waals surface area contributed by atoms with Crippen LogP contribution in [0.5, 0.6) is 0 Å². The molecule has 2 atom stereocenters. The standard InChI is InChI=1S/C11H20N4O3/c1-18-5-2-9(12)10(16)14-3-4-15-8(7-14)6-13-11(15)17/h8-9H,2-7,12H2,1H3,(H,13,17). The Balaban J connectivity index is 1.87. The number of fused-ring (bicyclic) bond motifs is 1. The van der Waals surface area contributed by atoms with Gasteiger partial charge in [-0.2, -0.15) is 0 Å². The van der Waals surface area contributed by atoms with Gasteiger partial charge < -0.3 is 25.6 Å². The van der Waals surface area contributed by atoms with E-state index in [1.807, 2.05) is 0 Å². The van der Waals surface area contributed by atoms with Gasteiger partial charge in [0.1, 0.15) is 0 Å². The lowest BCUT2D eigenvalue weighted by molar-refractivity contribution is -0.135. The number of nitrogens with zero attached hydrogens (tertiary/aromatic N) is 2. The summed E-state index contributed by atoms with van der Waals surface area (Å²) in [5, 5.41) is 2.78. The Hall–Kier alpha value is -1.34. The minimum Gasteiger partial charge on any atom is -0.385 e. The van der Waals surface area contributed by atoms with Crippen molar-refractivity contribution < 1.29 is 14.3 Å². The zero-order valence-corrected chi connectivity index (χ0v) is 10.6. The van der Waals surface area contributed by atoms with Crippen molar-refractivity contribution in [3.05, 3.63) is 0 Å². The van der Waals surface area contributed by atoms with E-state index in [1.54, 1.807) is 16.9 Å². The Morgan fingerprint density at radius 3 is 3.11 bits per heavy atom. The minimum absolute atomic E-state index is 0.0317. The van der Waals surface area contributed by atoms with Crippen molar-refractivity contribution in [1.82, 2.24) is 15.1 Å². The number of amides is 3. The summed E-state index contributed by atoms with van der Waals surface area (Å²) in [4.78, 5) is 27.1. The van der Waals surface area contributed by atoms with Crippen molar-refractivity contribution in [2.45, 2.75) is 18.5 Å². The number of rotatable bonds is 4. The molecular formula is C11H20N4O3. The van der Waals surface area contributed by atoms with Gasteiger partial charge in [-0.3, -0.25) is 4.79 Å². The Morgan fingerprint density at radius 1 is 1.61 bits per heavy atom. The summed E-state index contributed by atoms with van der Waals surface area (Å²) in [6, 6.07) is -0.456. The van der Waals surface area contributed by atoms with Crippen LogP contribution in [0.1, 0.15) is 6.42 Å². The molecule has 7 nitrogen and oxygen atoms in total. The normalized spacial score (nSPS) is 24.8. The van der Waals surface area contributed by atoms with Crippen LogP contribution in [0.15, 0.2) is 0 Å². The third kappa shape index (κ3) is 2.56. The van der Waals surface area contributed by atoms with Crippen LogP contribution >= 0.6 is 0 Å². The average molecular weight is 256 g/mol. The van der Waals surface area contributed by atoms with Gasteiger partial charge in [0.05, 0.1) is 12.1 Å². The maximum absolute atomic E-state index is 12.1. The van der Waals surface area contributed by atoms with E-state index in [-0.39, 0.29) is 18.0 Å². The van der Waals surface area contributed by atoms with Crippen molar-refractivity contribution in [1.29, 1.82) is 0 Å². The average Bonchev–Trinajstić information content (AvgIpc) is 2.76. The molecule has 0 radical (unpaired) electrons. The zero-order chi connectivity index (χ0) is 13.1. The lowest BCUT2D eigenvalue weighted by atomic mass is 10.1. The molecule has 2 unspecified atom stereocenters.